The van der Waals surface area contributed by atoms with Gasteiger partial charge in [-0.05, 0) is 54.3 Å². The Bertz CT molecular complexity index is 1440. The molecule has 0 aliphatic rings. The van der Waals surface area contributed by atoms with E-state index in [2.05, 4.69) is 38.3 Å². The van der Waals surface area contributed by atoms with Crippen LogP contribution < -0.4 is 10.6 Å². The average molecular weight is 524 g/mol. The number of hydrogen-bond acceptors (Lipinski definition) is 3. The Morgan fingerprint density at radius 2 is 1.59 bits per heavy atom. The molecule has 3 amide bonds. The molecule has 0 aliphatic heterocycles. The molecule has 0 saturated heterocycles. The fourth-order valence-corrected chi connectivity index (χ4v) is 4.22. The standard InChI is InChI=1S/C32H37N5O2/c1-6-24-15-11-16-26(19-24)33-31(39)36(21-25-13-8-7-9-14-25)22-30(38)34-29-20-28(32(3,4)5)35-37(29)27-17-10-12-23(2)18-27/h7-20H,6,21-22H2,1-5H3,(H,33,39)(H,34,38). The van der Waals surface area contributed by atoms with Gasteiger partial charge in [0.1, 0.15) is 12.4 Å². The number of rotatable bonds is 8. The van der Waals surface area contributed by atoms with Gasteiger partial charge < -0.3 is 15.5 Å². The first-order chi connectivity index (χ1) is 18.6. The van der Waals surface area contributed by atoms with Gasteiger partial charge in [-0.15, -0.1) is 0 Å². The van der Waals surface area contributed by atoms with E-state index in [0.29, 0.717) is 11.5 Å². The summed E-state index contributed by atoms with van der Waals surface area (Å²) in [4.78, 5) is 28.3. The van der Waals surface area contributed by atoms with E-state index in [1.807, 2.05) is 91.9 Å². The molecular weight excluding hydrogens is 486 g/mol. The van der Waals surface area contributed by atoms with E-state index >= 15 is 0 Å². The molecule has 2 N–H and O–H groups in total. The summed E-state index contributed by atoms with van der Waals surface area (Å²) in [6.07, 6.45) is 0.866. The highest BCUT2D eigenvalue weighted by Gasteiger charge is 2.23. The van der Waals surface area contributed by atoms with Crippen molar-refractivity contribution in [1.82, 2.24) is 14.7 Å². The van der Waals surface area contributed by atoms with Crippen LogP contribution >= 0.6 is 0 Å². The molecule has 3 aromatic carbocycles. The topological polar surface area (TPSA) is 79.3 Å². The number of carbonyl (C=O) groups is 2. The number of urea groups is 1. The minimum Gasteiger partial charge on any atom is -0.311 e. The number of hydrogen-bond donors (Lipinski definition) is 2. The lowest BCUT2D eigenvalue weighted by molar-refractivity contribution is -0.116. The van der Waals surface area contributed by atoms with Gasteiger partial charge in [-0.25, -0.2) is 9.48 Å². The molecule has 1 aromatic heterocycles. The minimum atomic E-state index is -0.343. The monoisotopic (exact) mass is 523 g/mol. The van der Waals surface area contributed by atoms with Crippen LogP contribution in [0.1, 0.15) is 50.1 Å². The van der Waals surface area contributed by atoms with Crippen LogP contribution in [-0.2, 0) is 23.2 Å². The normalized spacial score (nSPS) is 11.2. The van der Waals surface area contributed by atoms with Crippen LogP contribution in [0, 0.1) is 6.92 Å². The van der Waals surface area contributed by atoms with E-state index in [0.717, 1.165) is 34.5 Å². The molecule has 202 valence electrons. The molecule has 0 aliphatic carbocycles. The maximum absolute atomic E-state index is 13.4. The Kier molecular flexibility index (Phi) is 8.49. The Labute approximate surface area is 230 Å². The summed E-state index contributed by atoms with van der Waals surface area (Å²) in [5.74, 6) is 0.254. The first-order valence-electron chi connectivity index (χ1n) is 13.3. The molecule has 7 heteroatoms. The molecule has 4 rings (SSSR count). The van der Waals surface area contributed by atoms with E-state index in [1.165, 1.54) is 4.90 Å². The molecule has 0 fully saturated rings. The number of carbonyl (C=O) groups excluding carboxylic acids is 2. The second-order valence-electron chi connectivity index (χ2n) is 10.8. The molecule has 0 saturated carbocycles. The zero-order valence-electron chi connectivity index (χ0n) is 23.4. The van der Waals surface area contributed by atoms with Gasteiger partial charge in [-0.3, -0.25) is 4.79 Å². The number of nitrogens with zero attached hydrogens (tertiary/aromatic N) is 3. The SMILES string of the molecule is CCc1cccc(NC(=O)N(CC(=O)Nc2cc(C(C)(C)C)nn2-c2cccc(C)c2)Cc2ccccc2)c1. The number of benzene rings is 3. The molecule has 0 spiro atoms. The Balaban J connectivity index is 1.58. The lowest BCUT2D eigenvalue weighted by Gasteiger charge is -2.23. The number of amides is 3. The van der Waals surface area contributed by atoms with Gasteiger partial charge in [0.25, 0.3) is 0 Å². The van der Waals surface area contributed by atoms with Gasteiger partial charge in [0.05, 0.1) is 11.4 Å². The van der Waals surface area contributed by atoms with E-state index in [4.69, 9.17) is 5.10 Å². The van der Waals surface area contributed by atoms with E-state index in [9.17, 15) is 9.59 Å². The summed E-state index contributed by atoms with van der Waals surface area (Å²) in [6, 6.07) is 26.9. The van der Waals surface area contributed by atoms with Crippen molar-refractivity contribution >= 4 is 23.4 Å². The van der Waals surface area contributed by atoms with Crippen LogP contribution in [0.15, 0.2) is 84.9 Å². The predicted octanol–water partition coefficient (Wildman–Crippen LogP) is 6.71. The molecule has 0 unspecified atom stereocenters. The maximum Gasteiger partial charge on any atom is 0.322 e. The largest absolute Gasteiger partial charge is 0.322 e. The van der Waals surface area contributed by atoms with Gasteiger partial charge in [0.2, 0.25) is 5.91 Å². The first kappa shape index (κ1) is 27.6. The summed E-state index contributed by atoms with van der Waals surface area (Å²) in [5.41, 5.74) is 5.35. The van der Waals surface area contributed by atoms with Gasteiger partial charge in [-0.1, -0.05) is 82.3 Å². The number of aryl methyl sites for hydroxylation is 2. The van der Waals surface area contributed by atoms with Crippen LogP contribution in [0.2, 0.25) is 0 Å². The third kappa shape index (κ3) is 7.35. The zero-order valence-corrected chi connectivity index (χ0v) is 23.4. The van der Waals surface area contributed by atoms with E-state index < -0.39 is 0 Å². The molecule has 1 heterocycles. The van der Waals surface area contributed by atoms with Crippen LogP contribution in [0.5, 0.6) is 0 Å². The smallest absolute Gasteiger partial charge is 0.311 e. The van der Waals surface area contributed by atoms with Crippen molar-refractivity contribution in [2.45, 2.75) is 53.0 Å². The van der Waals surface area contributed by atoms with Crippen molar-refractivity contribution in [1.29, 1.82) is 0 Å². The van der Waals surface area contributed by atoms with Crippen molar-refractivity contribution < 1.29 is 9.59 Å². The number of aromatic nitrogens is 2. The Morgan fingerprint density at radius 3 is 2.28 bits per heavy atom. The number of anilines is 2. The molecule has 0 atom stereocenters. The average Bonchev–Trinajstić information content (AvgIpc) is 3.33. The van der Waals surface area contributed by atoms with Crippen molar-refractivity contribution in [3.8, 4) is 5.69 Å². The maximum atomic E-state index is 13.4. The fraction of sp³-hybridized carbons (Fsp3) is 0.281. The molecule has 7 nitrogen and oxygen atoms in total. The van der Waals surface area contributed by atoms with Crippen molar-refractivity contribution in [3.05, 3.63) is 107 Å². The second kappa shape index (κ2) is 12.0. The highest BCUT2D eigenvalue weighted by atomic mass is 16.2. The van der Waals surface area contributed by atoms with Gasteiger partial charge in [0.15, 0.2) is 0 Å². The zero-order chi connectivity index (χ0) is 28.0. The third-order valence-electron chi connectivity index (χ3n) is 6.42. The van der Waals surface area contributed by atoms with Crippen molar-refractivity contribution in [2.24, 2.45) is 0 Å². The highest BCUT2D eigenvalue weighted by Crippen LogP contribution is 2.26. The molecule has 39 heavy (non-hydrogen) atoms. The van der Waals surface area contributed by atoms with Crippen molar-refractivity contribution in [3.63, 3.8) is 0 Å². The molecule has 4 aromatic rings. The Hall–Kier alpha value is -4.39. The number of nitrogens with one attached hydrogen (secondary N) is 2. The molecule has 0 bridgehead atoms. The fourth-order valence-electron chi connectivity index (χ4n) is 4.22. The summed E-state index contributed by atoms with van der Waals surface area (Å²) in [6.45, 7) is 10.5. The summed E-state index contributed by atoms with van der Waals surface area (Å²) >= 11 is 0. The van der Waals surface area contributed by atoms with E-state index in [1.54, 1.807) is 4.68 Å². The van der Waals surface area contributed by atoms with Crippen LogP contribution in [0.25, 0.3) is 5.69 Å². The molecule has 0 radical (unpaired) electrons. The Morgan fingerprint density at radius 1 is 0.872 bits per heavy atom. The summed E-state index contributed by atoms with van der Waals surface area (Å²) < 4.78 is 1.75. The highest BCUT2D eigenvalue weighted by molar-refractivity contribution is 5.96. The minimum absolute atomic E-state index is 0.127. The van der Waals surface area contributed by atoms with Crippen LogP contribution in [0.4, 0.5) is 16.3 Å². The summed E-state index contributed by atoms with van der Waals surface area (Å²) in [5, 5.41) is 10.8. The first-order valence-corrected chi connectivity index (χ1v) is 13.3. The quantitative estimate of drug-likeness (QED) is 0.269. The van der Waals surface area contributed by atoms with Gasteiger partial charge in [0, 0.05) is 23.7 Å². The van der Waals surface area contributed by atoms with Crippen LogP contribution in [-0.4, -0.2) is 33.2 Å². The lowest BCUT2D eigenvalue weighted by Crippen LogP contribution is -2.40. The van der Waals surface area contributed by atoms with Crippen molar-refractivity contribution in [2.75, 3.05) is 17.2 Å². The summed E-state index contributed by atoms with van der Waals surface area (Å²) in [7, 11) is 0. The van der Waals surface area contributed by atoms with E-state index in [-0.39, 0.29) is 30.4 Å². The van der Waals surface area contributed by atoms with Gasteiger partial charge >= 0.3 is 6.03 Å². The van der Waals surface area contributed by atoms with Crippen LogP contribution in [0.3, 0.4) is 0 Å². The lowest BCUT2D eigenvalue weighted by atomic mass is 9.92. The van der Waals surface area contributed by atoms with Gasteiger partial charge in [-0.2, -0.15) is 5.10 Å². The second-order valence-corrected chi connectivity index (χ2v) is 10.8. The molecular formula is C32H37N5O2. The third-order valence-corrected chi connectivity index (χ3v) is 6.42. The predicted molar refractivity (Wildman–Crippen MR) is 157 cm³/mol.